The van der Waals surface area contributed by atoms with Crippen molar-refractivity contribution in [2.45, 2.75) is 26.0 Å². The third-order valence-corrected chi connectivity index (χ3v) is 2.35. The molecule has 0 fully saturated rings. The second-order valence-corrected chi connectivity index (χ2v) is 3.43. The number of aliphatic hydroxyl groups is 1. The molecule has 0 saturated carbocycles. The quantitative estimate of drug-likeness (QED) is 0.809. The van der Waals surface area contributed by atoms with E-state index in [1.165, 1.54) is 5.56 Å². The first kappa shape index (κ1) is 13.4. The smallest absolute Gasteiger partial charge is 0.0940 e. The number of benzene rings is 1. The van der Waals surface area contributed by atoms with Gasteiger partial charge in [0.2, 0.25) is 0 Å². The summed E-state index contributed by atoms with van der Waals surface area (Å²) in [6.07, 6.45) is -0.425. The molecule has 2 N–H and O–H groups in total. The van der Waals surface area contributed by atoms with Crippen molar-refractivity contribution < 1.29 is 5.11 Å². The molecule has 80 valence electrons. The highest BCUT2D eigenvalue weighted by Gasteiger charge is 2.13. The lowest BCUT2D eigenvalue weighted by atomic mass is 10.0. The number of halogens is 1. The van der Waals surface area contributed by atoms with E-state index in [2.05, 4.69) is 5.32 Å². The maximum absolute atomic E-state index is 9.82. The van der Waals surface area contributed by atoms with E-state index in [0.717, 1.165) is 5.56 Å². The van der Waals surface area contributed by atoms with Crippen molar-refractivity contribution in [2.24, 2.45) is 0 Å². The Bertz CT molecular complexity index is 260. The summed E-state index contributed by atoms with van der Waals surface area (Å²) in [6, 6.07) is 8.05. The van der Waals surface area contributed by atoms with Crippen molar-refractivity contribution in [3.63, 3.8) is 0 Å². The Labute approximate surface area is 91.8 Å². The van der Waals surface area contributed by atoms with Gasteiger partial charge < -0.3 is 10.4 Å². The zero-order valence-corrected chi connectivity index (χ0v) is 9.64. The lowest BCUT2D eigenvalue weighted by molar-refractivity contribution is 0.140. The number of hydrogen-bond acceptors (Lipinski definition) is 2. The molecule has 0 aliphatic carbocycles. The van der Waals surface area contributed by atoms with Crippen LogP contribution < -0.4 is 5.32 Å². The molecule has 0 spiro atoms. The van der Waals surface area contributed by atoms with E-state index in [-0.39, 0.29) is 18.4 Å². The van der Waals surface area contributed by atoms with Gasteiger partial charge in [0.25, 0.3) is 0 Å². The normalized spacial score (nSPS) is 14.3. The first-order chi connectivity index (χ1) is 6.15. The fourth-order valence-electron chi connectivity index (χ4n) is 1.21. The van der Waals surface area contributed by atoms with Gasteiger partial charge in [0.1, 0.15) is 0 Å². The van der Waals surface area contributed by atoms with Crippen LogP contribution in [0.4, 0.5) is 0 Å². The molecule has 2 atom stereocenters. The molecule has 2 nitrogen and oxygen atoms in total. The first-order valence-corrected chi connectivity index (χ1v) is 4.57. The van der Waals surface area contributed by atoms with Crippen LogP contribution in [0.15, 0.2) is 24.3 Å². The molecule has 0 aliphatic rings. The predicted octanol–water partition coefficient (Wildman–Crippen LogP) is 2.06. The van der Waals surface area contributed by atoms with Crippen LogP contribution in [-0.2, 0) is 0 Å². The van der Waals surface area contributed by atoms with E-state index < -0.39 is 6.10 Å². The fraction of sp³-hybridized carbons (Fsp3) is 0.455. The molecule has 1 aromatic rings. The Kier molecular flexibility index (Phi) is 5.77. The van der Waals surface area contributed by atoms with Crippen LogP contribution in [-0.4, -0.2) is 18.2 Å². The molecule has 0 radical (unpaired) electrons. The van der Waals surface area contributed by atoms with Crippen LogP contribution in [0.2, 0.25) is 0 Å². The Balaban J connectivity index is 0.00000169. The monoisotopic (exact) mass is 215 g/mol. The number of nitrogens with one attached hydrogen (secondary N) is 1. The van der Waals surface area contributed by atoms with Crippen molar-refractivity contribution in [1.29, 1.82) is 0 Å². The lowest BCUT2D eigenvalue weighted by Crippen LogP contribution is -2.28. The Morgan fingerprint density at radius 3 is 2.14 bits per heavy atom. The second-order valence-electron chi connectivity index (χ2n) is 3.43. The summed E-state index contributed by atoms with van der Waals surface area (Å²) in [5, 5.41) is 12.8. The summed E-state index contributed by atoms with van der Waals surface area (Å²) in [6.45, 7) is 4.00. The summed E-state index contributed by atoms with van der Waals surface area (Å²) in [7, 11) is 1.85. The van der Waals surface area contributed by atoms with Crippen LogP contribution in [0.25, 0.3) is 0 Å². The minimum atomic E-state index is -0.425. The number of aliphatic hydroxyl groups excluding tert-OH is 1. The molecule has 0 aromatic heterocycles. The average molecular weight is 216 g/mol. The molecule has 0 heterocycles. The molecule has 1 aromatic carbocycles. The zero-order chi connectivity index (χ0) is 9.84. The molecule has 14 heavy (non-hydrogen) atoms. The Hall–Kier alpha value is -0.570. The summed E-state index contributed by atoms with van der Waals surface area (Å²) in [4.78, 5) is 0. The molecular formula is C11H18ClNO. The van der Waals surface area contributed by atoms with Gasteiger partial charge in [-0.2, -0.15) is 0 Å². The van der Waals surface area contributed by atoms with Gasteiger partial charge in [-0.3, -0.25) is 0 Å². The van der Waals surface area contributed by atoms with Gasteiger partial charge >= 0.3 is 0 Å². The zero-order valence-electron chi connectivity index (χ0n) is 8.82. The van der Waals surface area contributed by atoms with Crippen LogP contribution in [0.3, 0.4) is 0 Å². The van der Waals surface area contributed by atoms with E-state index in [1.807, 2.05) is 45.2 Å². The first-order valence-electron chi connectivity index (χ1n) is 4.57. The van der Waals surface area contributed by atoms with Gasteiger partial charge in [-0.05, 0) is 26.5 Å². The molecule has 0 saturated heterocycles. The Morgan fingerprint density at radius 2 is 1.71 bits per heavy atom. The predicted molar refractivity (Wildman–Crippen MR) is 61.9 cm³/mol. The summed E-state index contributed by atoms with van der Waals surface area (Å²) in [5.41, 5.74) is 2.18. The summed E-state index contributed by atoms with van der Waals surface area (Å²) < 4.78 is 0. The summed E-state index contributed by atoms with van der Waals surface area (Å²) in [5.74, 6) is 0. The largest absolute Gasteiger partial charge is 0.387 e. The van der Waals surface area contributed by atoms with Gasteiger partial charge in [-0.25, -0.2) is 0 Å². The third kappa shape index (κ3) is 3.29. The minimum Gasteiger partial charge on any atom is -0.387 e. The molecular weight excluding hydrogens is 198 g/mol. The van der Waals surface area contributed by atoms with Crippen LogP contribution >= 0.6 is 12.4 Å². The highest BCUT2D eigenvalue weighted by Crippen LogP contribution is 2.16. The average Bonchev–Trinajstić information content (AvgIpc) is 2.17. The number of rotatable bonds is 3. The molecule has 1 rings (SSSR count). The van der Waals surface area contributed by atoms with E-state index in [9.17, 15) is 5.11 Å². The van der Waals surface area contributed by atoms with E-state index in [4.69, 9.17) is 0 Å². The van der Waals surface area contributed by atoms with Crippen LogP contribution in [0, 0.1) is 6.92 Å². The van der Waals surface area contributed by atoms with Crippen LogP contribution in [0.1, 0.15) is 24.2 Å². The van der Waals surface area contributed by atoms with Gasteiger partial charge in [0, 0.05) is 6.04 Å². The fourth-order valence-corrected chi connectivity index (χ4v) is 1.21. The standard InChI is InChI=1S/C11H17NO.ClH/c1-8-4-6-10(7-5-8)11(13)9(2)12-3;/h4-7,9,11-13H,1-3H3;1H/t9-,11-;/m0./s1. The van der Waals surface area contributed by atoms with Crippen molar-refractivity contribution in [1.82, 2.24) is 5.32 Å². The summed E-state index contributed by atoms with van der Waals surface area (Å²) >= 11 is 0. The highest BCUT2D eigenvalue weighted by atomic mass is 35.5. The van der Waals surface area contributed by atoms with Crippen molar-refractivity contribution in [3.8, 4) is 0 Å². The van der Waals surface area contributed by atoms with E-state index in [0.29, 0.717) is 0 Å². The SMILES string of the molecule is CN[C@@H](C)[C@H](O)c1ccc(C)cc1.Cl. The molecule has 0 bridgehead atoms. The Morgan fingerprint density at radius 1 is 1.21 bits per heavy atom. The molecule has 0 amide bonds. The van der Waals surface area contributed by atoms with Crippen LogP contribution in [0.5, 0.6) is 0 Å². The van der Waals surface area contributed by atoms with Gasteiger partial charge in [-0.1, -0.05) is 29.8 Å². The lowest BCUT2D eigenvalue weighted by Gasteiger charge is -2.18. The second kappa shape index (κ2) is 6.02. The van der Waals surface area contributed by atoms with E-state index in [1.54, 1.807) is 0 Å². The van der Waals surface area contributed by atoms with E-state index >= 15 is 0 Å². The molecule has 0 aliphatic heterocycles. The number of aryl methyl sites for hydroxylation is 1. The third-order valence-electron chi connectivity index (χ3n) is 2.35. The van der Waals surface area contributed by atoms with Crippen molar-refractivity contribution >= 4 is 12.4 Å². The topological polar surface area (TPSA) is 32.3 Å². The van der Waals surface area contributed by atoms with Gasteiger partial charge in [0.05, 0.1) is 6.10 Å². The minimum absolute atomic E-state index is 0. The number of likely N-dealkylation sites (N-methyl/N-ethyl adjacent to an activating group) is 1. The molecule has 0 unspecified atom stereocenters. The van der Waals surface area contributed by atoms with Crippen molar-refractivity contribution in [3.05, 3.63) is 35.4 Å². The van der Waals surface area contributed by atoms with Gasteiger partial charge in [-0.15, -0.1) is 12.4 Å². The maximum Gasteiger partial charge on any atom is 0.0940 e. The maximum atomic E-state index is 9.82. The van der Waals surface area contributed by atoms with Gasteiger partial charge in [0.15, 0.2) is 0 Å². The highest BCUT2D eigenvalue weighted by molar-refractivity contribution is 5.85. The number of hydrogen-bond donors (Lipinski definition) is 2. The molecule has 3 heteroatoms. The van der Waals surface area contributed by atoms with Crippen molar-refractivity contribution in [2.75, 3.05) is 7.05 Å².